The van der Waals surface area contributed by atoms with Crippen LogP contribution in [0.4, 0.5) is 0 Å². The van der Waals surface area contributed by atoms with Crippen LogP contribution < -0.4 is 11.1 Å². The highest BCUT2D eigenvalue weighted by Crippen LogP contribution is 2.24. The fourth-order valence-corrected chi connectivity index (χ4v) is 4.64. The first kappa shape index (κ1) is 23.3. The van der Waals surface area contributed by atoms with Gasteiger partial charge in [-0.3, -0.25) is 9.59 Å². The summed E-state index contributed by atoms with van der Waals surface area (Å²) in [6.45, 7) is 3.65. The van der Waals surface area contributed by atoms with Crippen LogP contribution in [0.2, 0.25) is 0 Å². The number of amides is 2. The fraction of sp³-hybridized carbons (Fsp3) is 0.154. The lowest BCUT2D eigenvalue weighted by Gasteiger charge is -2.09. The molecule has 0 bridgehead atoms. The number of carbonyl (C=O) groups excluding carboxylic acids is 2. The number of nitrogens with zero attached hydrogens (tertiary/aromatic N) is 1. The molecule has 0 unspecified atom stereocenters. The van der Waals surface area contributed by atoms with Crippen LogP contribution in [-0.2, 0) is 16.4 Å². The number of fused-ring (bicyclic) bond motifs is 1. The third-order valence-corrected chi connectivity index (χ3v) is 7.85. The lowest BCUT2D eigenvalue weighted by Crippen LogP contribution is -2.22. The van der Waals surface area contributed by atoms with Crippen LogP contribution >= 0.6 is 0 Å². The molecule has 2 amide bonds. The van der Waals surface area contributed by atoms with Crippen molar-refractivity contribution in [3.05, 3.63) is 95.8 Å². The largest absolute Gasteiger partial charge is 0.366 e. The number of carbonyl (C=O) groups is 2. The fourth-order valence-electron chi connectivity index (χ4n) is 3.58. The van der Waals surface area contributed by atoms with Crippen molar-refractivity contribution in [2.45, 2.75) is 30.5 Å². The monoisotopic (exact) mass is 475 g/mol. The molecule has 0 aliphatic carbocycles. The van der Waals surface area contributed by atoms with E-state index >= 15 is 0 Å². The van der Waals surface area contributed by atoms with E-state index in [4.69, 9.17) is 5.73 Å². The van der Waals surface area contributed by atoms with Crippen LogP contribution in [-0.4, -0.2) is 29.9 Å². The van der Waals surface area contributed by atoms with Gasteiger partial charge >= 0.3 is 0 Å². The second-order valence-electron chi connectivity index (χ2n) is 8.34. The molecular formula is C26H25N3O4S. The number of nitrogens with one attached hydrogen (secondary N) is 1. The molecule has 34 heavy (non-hydrogen) atoms. The molecule has 0 saturated carbocycles. The van der Waals surface area contributed by atoms with Gasteiger partial charge in [0.1, 0.15) is 0 Å². The van der Waals surface area contributed by atoms with Crippen molar-refractivity contribution < 1.29 is 18.0 Å². The van der Waals surface area contributed by atoms with Crippen molar-refractivity contribution in [2.24, 2.45) is 5.73 Å². The minimum Gasteiger partial charge on any atom is -0.366 e. The van der Waals surface area contributed by atoms with E-state index < -0.39 is 21.0 Å². The number of pyridine rings is 1. The van der Waals surface area contributed by atoms with Gasteiger partial charge < -0.3 is 15.5 Å². The minimum absolute atomic E-state index is 0.215. The summed E-state index contributed by atoms with van der Waals surface area (Å²) >= 11 is 0. The lowest BCUT2D eigenvalue weighted by atomic mass is 10.1. The molecule has 4 rings (SSSR count). The maximum absolute atomic E-state index is 12.6. The standard InChI is InChI=1S/C26H25N3O4S/c1-17(2)34(32,33)24-11-8-19(9-12-24)21-7-10-23-13-22(16-29(23)15-21)26(31)28-14-18-3-5-20(6-4-18)25(27)30/h3-13,15-17H,14H2,1-2H3,(H2,27,30)(H,28,31). The van der Waals surface area contributed by atoms with Gasteiger partial charge in [-0.15, -0.1) is 0 Å². The molecule has 0 spiro atoms. The van der Waals surface area contributed by atoms with Gasteiger partial charge in [0.25, 0.3) is 5.91 Å². The van der Waals surface area contributed by atoms with Gasteiger partial charge in [-0.2, -0.15) is 0 Å². The molecule has 0 radical (unpaired) electrons. The van der Waals surface area contributed by atoms with Gasteiger partial charge in [0.15, 0.2) is 9.84 Å². The molecule has 8 heteroatoms. The quantitative estimate of drug-likeness (QED) is 0.423. The number of benzene rings is 2. The van der Waals surface area contributed by atoms with Gasteiger partial charge in [0.05, 0.1) is 15.7 Å². The van der Waals surface area contributed by atoms with Crippen molar-refractivity contribution in [2.75, 3.05) is 0 Å². The van der Waals surface area contributed by atoms with E-state index in [-0.39, 0.29) is 5.91 Å². The highest BCUT2D eigenvalue weighted by molar-refractivity contribution is 7.92. The third-order valence-electron chi connectivity index (χ3n) is 5.68. The van der Waals surface area contributed by atoms with Crippen molar-refractivity contribution in [3.8, 4) is 11.1 Å². The van der Waals surface area contributed by atoms with Crippen molar-refractivity contribution >= 4 is 27.2 Å². The Kier molecular flexibility index (Phi) is 6.26. The molecule has 0 aliphatic heterocycles. The van der Waals surface area contributed by atoms with Gasteiger partial charge in [-0.25, -0.2) is 8.42 Å². The predicted molar refractivity (Wildman–Crippen MR) is 131 cm³/mol. The molecule has 0 aliphatic rings. The zero-order chi connectivity index (χ0) is 24.5. The van der Waals surface area contributed by atoms with Crippen LogP contribution in [0.15, 0.2) is 84.0 Å². The average Bonchev–Trinajstić information content (AvgIpc) is 3.26. The van der Waals surface area contributed by atoms with Gasteiger partial charge in [0.2, 0.25) is 5.91 Å². The molecule has 174 valence electrons. The Hall–Kier alpha value is -3.91. The number of hydrogen-bond donors (Lipinski definition) is 2. The smallest absolute Gasteiger partial charge is 0.253 e. The van der Waals surface area contributed by atoms with Gasteiger partial charge in [0, 0.05) is 30.0 Å². The average molecular weight is 476 g/mol. The Balaban J connectivity index is 1.49. The van der Waals surface area contributed by atoms with E-state index in [0.717, 1.165) is 22.2 Å². The summed E-state index contributed by atoms with van der Waals surface area (Å²) in [6.07, 6.45) is 3.66. The van der Waals surface area contributed by atoms with E-state index in [2.05, 4.69) is 5.32 Å². The molecule has 2 heterocycles. The summed E-state index contributed by atoms with van der Waals surface area (Å²) in [5.41, 5.74) is 9.67. The Bertz CT molecular complexity index is 1470. The molecule has 0 fully saturated rings. The summed E-state index contributed by atoms with van der Waals surface area (Å²) in [4.78, 5) is 24.1. The topological polar surface area (TPSA) is 111 Å². The number of aromatic nitrogens is 1. The van der Waals surface area contributed by atoms with Gasteiger partial charge in [-0.05, 0) is 66.9 Å². The van der Waals surface area contributed by atoms with Crippen LogP contribution in [0.3, 0.4) is 0 Å². The summed E-state index contributed by atoms with van der Waals surface area (Å²) in [5, 5.41) is 2.40. The second kappa shape index (κ2) is 9.15. The van der Waals surface area contributed by atoms with Gasteiger partial charge in [-0.1, -0.05) is 30.3 Å². The SMILES string of the molecule is CC(C)S(=O)(=O)c1ccc(-c2ccc3cc(C(=O)NCc4ccc(C(N)=O)cc4)cn3c2)cc1. The Morgan fingerprint density at radius 2 is 1.53 bits per heavy atom. The van der Waals surface area contributed by atoms with Crippen molar-refractivity contribution in [3.63, 3.8) is 0 Å². The van der Waals surface area contributed by atoms with Crippen LogP contribution in [0.25, 0.3) is 16.6 Å². The highest BCUT2D eigenvalue weighted by Gasteiger charge is 2.19. The molecule has 2 aromatic carbocycles. The summed E-state index contributed by atoms with van der Waals surface area (Å²) < 4.78 is 26.6. The summed E-state index contributed by atoms with van der Waals surface area (Å²) in [7, 11) is -3.32. The first-order valence-electron chi connectivity index (χ1n) is 10.8. The highest BCUT2D eigenvalue weighted by atomic mass is 32.2. The molecule has 2 aromatic heterocycles. The van der Waals surface area contributed by atoms with Crippen molar-refractivity contribution in [1.29, 1.82) is 0 Å². The van der Waals surface area contributed by atoms with E-state index in [9.17, 15) is 18.0 Å². The summed E-state index contributed by atoms with van der Waals surface area (Å²) in [6, 6.07) is 19.2. The number of nitrogens with two attached hydrogens (primary N) is 1. The molecule has 0 saturated heterocycles. The minimum atomic E-state index is -3.32. The lowest BCUT2D eigenvalue weighted by molar-refractivity contribution is 0.0949. The summed E-state index contributed by atoms with van der Waals surface area (Å²) in [5.74, 6) is -0.709. The molecule has 4 aromatic rings. The number of primary amides is 1. The Morgan fingerprint density at radius 3 is 2.15 bits per heavy atom. The zero-order valence-electron chi connectivity index (χ0n) is 18.9. The number of sulfone groups is 1. The van der Waals surface area contributed by atoms with E-state index in [1.165, 1.54) is 0 Å². The zero-order valence-corrected chi connectivity index (χ0v) is 19.7. The maximum Gasteiger partial charge on any atom is 0.253 e. The predicted octanol–water partition coefficient (Wildman–Crippen LogP) is 3.82. The number of hydrogen-bond acceptors (Lipinski definition) is 4. The molecular weight excluding hydrogens is 450 g/mol. The normalized spacial score (nSPS) is 11.6. The molecule has 3 N–H and O–H groups in total. The van der Waals surface area contributed by atoms with E-state index in [1.807, 2.05) is 22.7 Å². The second-order valence-corrected chi connectivity index (χ2v) is 10.8. The first-order chi connectivity index (χ1) is 16.1. The number of rotatable bonds is 7. The van der Waals surface area contributed by atoms with Crippen molar-refractivity contribution in [1.82, 2.24) is 9.72 Å². The molecule has 0 atom stereocenters. The first-order valence-corrected chi connectivity index (χ1v) is 12.3. The maximum atomic E-state index is 12.6. The third kappa shape index (κ3) is 4.72. The Labute approximate surface area is 198 Å². The van der Waals surface area contributed by atoms with Crippen LogP contribution in [0.5, 0.6) is 0 Å². The Morgan fingerprint density at radius 1 is 0.882 bits per heavy atom. The van der Waals surface area contributed by atoms with Crippen LogP contribution in [0.1, 0.15) is 40.1 Å². The van der Waals surface area contributed by atoms with E-state index in [1.54, 1.807) is 74.6 Å². The van der Waals surface area contributed by atoms with E-state index in [0.29, 0.717) is 22.6 Å². The molecule has 7 nitrogen and oxygen atoms in total. The van der Waals surface area contributed by atoms with Crippen LogP contribution in [0, 0.1) is 0 Å².